The number of nitrogens with zero attached hydrogens (tertiary/aromatic N) is 3. The fourth-order valence-electron chi connectivity index (χ4n) is 2.88. The van der Waals surface area contributed by atoms with Crippen molar-refractivity contribution < 1.29 is 4.79 Å². The number of likely N-dealkylation sites (tertiary alicyclic amines) is 1. The van der Waals surface area contributed by atoms with E-state index in [-0.39, 0.29) is 5.91 Å². The van der Waals surface area contributed by atoms with Crippen LogP contribution in [0.3, 0.4) is 0 Å². The van der Waals surface area contributed by atoms with Crippen molar-refractivity contribution in [2.75, 3.05) is 13.1 Å². The molecule has 0 radical (unpaired) electrons. The van der Waals surface area contributed by atoms with Gasteiger partial charge in [0.15, 0.2) is 0 Å². The van der Waals surface area contributed by atoms with Gasteiger partial charge in [-0.1, -0.05) is 0 Å². The molecule has 0 spiro atoms. The summed E-state index contributed by atoms with van der Waals surface area (Å²) in [6.07, 6.45) is 7.79. The van der Waals surface area contributed by atoms with Crippen LogP contribution < -0.4 is 0 Å². The molecule has 0 saturated carbocycles. The van der Waals surface area contributed by atoms with Gasteiger partial charge in [-0.25, -0.2) is 4.98 Å². The van der Waals surface area contributed by atoms with Crippen LogP contribution in [0.4, 0.5) is 0 Å². The van der Waals surface area contributed by atoms with Crippen molar-refractivity contribution in [2.24, 2.45) is 0 Å². The standard InChI is InChI=1S/C15H19N3OS/c1-11-8-14(12(2)20-11)15(19)17-6-3-4-13(9-17)18-7-5-16-10-18/h5,7-8,10,13H,3-4,6,9H2,1-2H3/t13-/m0/s1. The number of carbonyl (C=O) groups excluding carboxylic acids is 1. The van der Waals surface area contributed by atoms with Gasteiger partial charge in [-0.15, -0.1) is 11.3 Å². The van der Waals surface area contributed by atoms with Crippen LogP contribution in [-0.2, 0) is 0 Å². The van der Waals surface area contributed by atoms with Crippen LogP contribution in [0.5, 0.6) is 0 Å². The van der Waals surface area contributed by atoms with E-state index >= 15 is 0 Å². The highest BCUT2D eigenvalue weighted by molar-refractivity contribution is 7.12. The number of amides is 1. The Kier molecular flexibility index (Phi) is 3.61. The Labute approximate surface area is 123 Å². The minimum atomic E-state index is 0.177. The number of aryl methyl sites for hydroxylation is 2. The van der Waals surface area contributed by atoms with Crippen LogP contribution in [0.1, 0.15) is 39.0 Å². The highest BCUT2D eigenvalue weighted by atomic mass is 32.1. The third kappa shape index (κ3) is 2.50. The Morgan fingerprint density at radius 2 is 2.30 bits per heavy atom. The van der Waals surface area contributed by atoms with Gasteiger partial charge in [0, 0.05) is 35.2 Å². The molecule has 0 unspecified atom stereocenters. The summed E-state index contributed by atoms with van der Waals surface area (Å²) in [7, 11) is 0. The second-order valence-corrected chi connectivity index (χ2v) is 6.84. The lowest BCUT2D eigenvalue weighted by atomic mass is 10.0. The lowest BCUT2D eigenvalue weighted by molar-refractivity contribution is 0.0679. The number of thiophene rings is 1. The van der Waals surface area contributed by atoms with Gasteiger partial charge in [-0.2, -0.15) is 0 Å². The van der Waals surface area contributed by atoms with Crippen molar-refractivity contribution in [1.29, 1.82) is 0 Å². The van der Waals surface area contributed by atoms with E-state index in [1.807, 2.05) is 30.4 Å². The molecule has 3 rings (SSSR count). The molecule has 0 N–H and O–H groups in total. The molecule has 2 aromatic rings. The van der Waals surface area contributed by atoms with E-state index in [0.29, 0.717) is 6.04 Å². The van der Waals surface area contributed by atoms with E-state index in [2.05, 4.69) is 16.5 Å². The highest BCUT2D eigenvalue weighted by Crippen LogP contribution is 2.26. The molecule has 1 saturated heterocycles. The molecule has 1 fully saturated rings. The molecule has 1 amide bonds. The Morgan fingerprint density at radius 3 is 2.95 bits per heavy atom. The van der Waals surface area contributed by atoms with Crippen molar-refractivity contribution in [3.05, 3.63) is 40.1 Å². The number of hydrogen-bond acceptors (Lipinski definition) is 3. The monoisotopic (exact) mass is 289 g/mol. The van der Waals surface area contributed by atoms with Gasteiger partial charge >= 0.3 is 0 Å². The molecule has 0 aromatic carbocycles. The summed E-state index contributed by atoms with van der Waals surface area (Å²) in [6, 6.07) is 2.37. The summed E-state index contributed by atoms with van der Waals surface area (Å²) in [4.78, 5) is 21.1. The van der Waals surface area contributed by atoms with Gasteiger partial charge < -0.3 is 9.47 Å². The molecule has 1 atom stereocenters. The first kappa shape index (κ1) is 13.4. The summed E-state index contributed by atoms with van der Waals surface area (Å²) < 4.78 is 2.12. The molecule has 2 aromatic heterocycles. The summed E-state index contributed by atoms with van der Waals surface area (Å²) >= 11 is 1.70. The molecule has 1 aliphatic rings. The largest absolute Gasteiger partial charge is 0.337 e. The smallest absolute Gasteiger partial charge is 0.255 e. The molecule has 5 heteroatoms. The van der Waals surface area contributed by atoms with Gasteiger partial charge in [-0.3, -0.25) is 4.79 Å². The normalized spacial score (nSPS) is 19.3. The van der Waals surface area contributed by atoms with Crippen LogP contribution in [0.2, 0.25) is 0 Å². The number of carbonyl (C=O) groups is 1. The average Bonchev–Trinajstić information content (AvgIpc) is 3.08. The van der Waals surface area contributed by atoms with Crippen molar-refractivity contribution in [3.8, 4) is 0 Å². The Morgan fingerprint density at radius 1 is 1.45 bits per heavy atom. The summed E-state index contributed by atoms with van der Waals surface area (Å²) in [5.41, 5.74) is 0.874. The highest BCUT2D eigenvalue weighted by Gasteiger charge is 2.26. The van der Waals surface area contributed by atoms with Crippen molar-refractivity contribution in [1.82, 2.24) is 14.5 Å². The molecule has 3 heterocycles. The van der Waals surface area contributed by atoms with E-state index in [4.69, 9.17) is 0 Å². The van der Waals surface area contributed by atoms with Crippen LogP contribution in [0.15, 0.2) is 24.8 Å². The number of rotatable bonds is 2. The van der Waals surface area contributed by atoms with Crippen LogP contribution >= 0.6 is 11.3 Å². The van der Waals surface area contributed by atoms with Gasteiger partial charge in [0.2, 0.25) is 0 Å². The number of hydrogen-bond donors (Lipinski definition) is 0. The zero-order valence-corrected chi connectivity index (χ0v) is 12.7. The second-order valence-electron chi connectivity index (χ2n) is 5.38. The predicted octanol–water partition coefficient (Wildman–Crippen LogP) is 3.04. The molecule has 0 aliphatic carbocycles. The van der Waals surface area contributed by atoms with Crippen LogP contribution in [0.25, 0.3) is 0 Å². The van der Waals surface area contributed by atoms with E-state index in [1.54, 1.807) is 17.5 Å². The first-order valence-corrected chi connectivity index (χ1v) is 7.80. The molecular formula is C15H19N3OS. The number of piperidine rings is 1. The summed E-state index contributed by atoms with van der Waals surface area (Å²) in [5, 5.41) is 0. The van der Waals surface area contributed by atoms with Crippen molar-refractivity contribution in [3.63, 3.8) is 0 Å². The van der Waals surface area contributed by atoms with Gasteiger partial charge in [-0.05, 0) is 32.8 Å². The van der Waals surface area contributed by atoms with E-state index in [9.17, 15) is 4.79 Å². The molecule has 1 aliphatic heterocycles. The van der Waals surface area contributed by atoms with E-state index in [0.717, 1.165) is 36.4 Å². The summed E-state index contributed by atoms with van der Waals surface area (Å²) in [5.74, 6) is 0.177. The van der Waals surface area contributed by atoms with Crippen LogP contribution in [-0.4, -0.2) is 33.4 Å². The second kappa shape index (κ2) is 5.40. The first-order chi connectivity index (χ1) is 9.65. The van der Waals surface area contributed by atoms with E-state index in [1.165, 1.54) is 4.88 Å². The third-order valence-electron chi connectivity index (χ3n) is 3.90. The lowest BCUT2D eigenvalue weighted by Gasteiger charge is -2.33. The Bertz CT molecular complexity index is 603. The maximum atomic E-state index is 12.7. The SMILES string of the molecule is Cc1cc(C(=O)N2CCC[C@H](n3ccnc3)C2)c(C)s1. The lowest BCUT2D eigenvalue weighted by Crippen LogP contribution is -2.40. The van der Waals surface area contributed by atoms with Gasteiger partial charge in [0.05, 0.1) is 17.9 Å². The maximum Gasteiger partial charge on any atom is 0.255 e. The first-order valence-electron chi connectivity index (χ1n) is 6.99. The van der Waals surface area contributed by atoms with Gasteiger partial charge in [0.25, 0.3) is 5.91 Å². The fourth-order valence-corrected chi connectivity index (χ4v) is 3.80. The van der Waals surface area contributed by atoms with Gasteiger partial charge in [0.1, 0.15) is 0 Å². The minimum Gasteiger partial charge on any atom is -0.337 e. The number of aromatic nitrogens is 2. The van der Waals surface area contributed by atoms with Crippen LogP contribution in [0, 0.1) is 13.8 Å². The van der Waals surface area contributed by atoms with Crippen molar-refractivity contribution in [2.45, 2.75) is 32.7 Å². The average molecular weight is 289 g/mol. The Hall–Kier alpha value is -1.62. The molecular weight excluding hydrogens is 270 g/mol. The minimum absolute atomic E-state index is 0.177. The van der Waals surface area contributed by atoms with Crippen molar-refractivity contribution >= 4 is 17.2 Å². The Balaban J connectivity index is 1.77. The summed E-state index contributed by atoms with van der Waals surface area (Å²) in [6.45, 7) is 5.73. The molecule has 106 valence electrons. The fraction of sp³-hybridized carbons (Fsp3) is 0.467. The quantitative estimate of drug-likeness (QED) is 0.852. The van der Waals surface area contributed by atoms with E-state index < -0.39 is 0 Å². The molecule has 20 heavy (non-hydrogen) atoms. The number of imidazole rings is 1. The zero-order valence-electron chi connectivity index (χ0n) is 11.9. The third-order valence-corrected chi connectivity index (χ3v) is 4.87. The predicted molar refractivity (Wildman–Crippen MR) is 80.2 cm³/mol. The molecule has 0 bridgehead atoms. The zero-order chi connectivity index (χ0) is 14.1. The topological polar surface area (TPSA) is 38.1 Å². The molecule has 4 nitrogen and oxygen atoms in total. The maximum absolute atomic E-state index is 12.7.